The summed E-state index contributed by atoms with van der Waals surface area (Å²) in [4.78, 5) is 15.7. The minimum Gasteiger partial charge on any atom is -0.235 e. The zero-order valence-electron chi connectivity index (χ0n) is 29.8. The highest BCUT2D eigenvalue weighted by Crippen LogP contribution is 2.51. The minimum absolute atomic E-state index is 0.144. The van der Waals surface area contributed by atoms with Crippen LogP contribution >= 0.6 is 11.3 Å². The van der Waals surface area contributed by atoms with Crippen molar-refractivity contribution in [1.29, 1.82) is 0 Å². The molecule has 0 radical (unpaired) electrons. The predicted octanol–water partition coefficient (Wildman–Crippen LogP) is 13.5. The molecule has 3 nitrogen and oxygen atoms in total. The van der Waals surface area contributed by atoms with E-state index in [4.69, 9.17) is 15.0 Å². The second-order valence-electron chi connectivity index (χ2n) is 14.9. The summed E-state index contributed by atoms with van der Waals surface area (Å²) in [5.74, 6) is 0.709. The smallest absolute Gasteiger partial charge is 0.160 e. The van der Waals surface area contributed by atoms with Gasteiger partial charge in [0.1, 0.15) is 5.01 Å². The van der Waals surface area contributed by atoms with Crippen molar-refractivity contribution in [3.8, 4) is 55.6 Å². The first kappa shape index (κ1) is 31.1. The maximum Gasteiger partial charge on any atom is 0.160 e. The van der Waals surface area contributed by atoms with Crippen molar-refractivity contribution in [1.82, 2.24) is 15.0 Å². The van der Waals surface area contributed by atoms with E-state index in [-0.39, 0.29) is 5.41 Å². The van der Waals surface area contributed by atoms with Crippen LogP contribution in [0.3, 0.4) is 0 Å². The monoisotopic (exact) mass is 707 g/mol. The molecule has 0 spiro atoms. The van der Waals surface area contributed by atoms with Gasteiger partial charge in [-0.05, 0) is 85.6 Å². The predicted molar refractivity (Wildman–Crippen MR) is 227 cm³/mol. The van der Waals surface area contributed by atoms with Gasteiger partial charge < -0.3 is 0 Å². The van der Waals surface area contributed by atoms with Crippen LogP contribution in [0.5, 0.6) is 0 Å². The molecule has 0 amide bonds. The Morgan fingerprint density at radius 2 is 1.09 bits per heavy atom. The normalized spacial score (nSPS) is 13.1. The van der Waals surface area contributed by atoms with Gasteiger partial charge in [0.25, 0.3) is 0 Å². The first-order valence-corrected chi connectivity index (χ1v) is 19.2. The molecule has 0 atom stereocenters. The lowest BCUT2D eigenvalue weighted by Gasteiger charge is -2.22. The van der Waals surface area contributed by atoms with Crippen LogP contribution in [0.15, 0.2) is 164 Å². The standard InChI is InChI=1S/C50H33N3S/c1-50(2)41-28-36(19-23-39(41)40-26-33-15-9-10-16-34(33)27-42(40)50)44-29-43(30-11-5-3-6-12-30)51-48(52-44)37-20-22-38-35(25-37)18-17-31-21-24-45-47(46(31)38)53-49(54-45)32-13-7-4-8-14-32/h3-29H,1-2H3. The van der Waals surface area contributed by atoms with Gasteiger partial charge >= 0.3 is 0 Å². The van der Waals surface area contributed by atoms with Gasteiger partial charge in [-0.25, -0.2) is 15.0 Å². The van der Waals surface area contributed by atoms with E-state index in [0.29, 0.717) is 5.82 Å². The van der Waals surface area contributed by atoms with Crippen LogP contribution in [-0.4, -0.2) is 15.0 Å². The van der Waals surface area contributed by atoms with Gasteiger partial charge in [-0.3, -0.25) is 0 Å². The van der Waals surface area contributed by atoms with Gasteiger partial charge in [-0.15, -0.1) is 11.3 Å². The first-order valence-electron chi connectivity index (χ1n) is 18.4. The molecule has 11 rings (SSSR count). The Labute approximate surface area is 317 Å². The molecule has 2 aromatic heterocycles. The van der Waals surface area contributed by atoms with Crippen molar-refractivity contribution in [2.75, 3.05) is 0 Å². The number of hydrogen-bond donors (Lipinski definition) is 0. The molecule has 10 aromatic rings. The van der Waals surface area contributed by atoms with Crippen molar-refractivity contribution in [2.45, 2.75) is 19.3 Å². The van der Waals surface area contributed by atoms with Crippen LogP contribution in [0.25, 0.3) is 98.1 Å². The summed E-state index contributed by atoms with van der Waals surface area (Å²) in [5, 5.41) is 8.28. The zero-order valence-corrected chi connectivity index (χ0v) is 30.7. The van der Waals surface area contributed by atoms with Crippen LogP contribution < -0.4 is 0 Å². The summed E-state index contributed by atoms with van der Waals surface area (Å²) in [6.07, 6.45) is 0. The van der Waals surface area contributed by atoms with E-state index in [2.05, 4.69) is 166 Å². The molecule has 8 aromatic carbocycles. The first-order chi connectivity index (χ1) is 26.5. The Kier molecular flexibility index (Phi) is 6.77. The summed E-state index contributed by atoms with van der Waals surface area (Å²) in [7, 11) is 0. The fraction of sp³-hybridized carbons (Fsp3) is 0.0600. The van der Waals surface area contributed by atoms with E-state index in [1.54, 1.807) is 11.3 Å². The van der Waals surface area contributed by atoms with Gasteiger partial charge in [0.05, 0.1) is 21.6 Å². The minimum atomic E-state index is -0.144. The summed E-state index contributed by atoms with van der Waals surface area (Å²) in [6, 6.07) is 58.8. The van der Waals surface area contributed by atoms with Crippen LogP contribution in [0.2, 0.25) is 0 Å². The molecule has 1 aliphatic carbocycles. The van der Waals surface area contributed by atoms with Gasteiger partial charge in [-0.1, -0.05) is 141 Å². The van der Waals surface area contributed by atoms with Crippen molar-refractivity contribution < 1.29 is 0 Å². The van der Waals surface area contributed by atoms with E-state index in [0.717, 1.165) is 49.6 Å². The van der Waals surface area contributed by atoms with E-state index < -0.39 is 0 Å². The Balaban J connectivity index is 1.06. The number of nitrogens with zero attached hydrogens (tertiary/aromatic N) is 3. The lowest BCUT2D eigenvalue weighted by Crippen LogP contribution is -2.15. The number of rotatable bonds is 4. The Bertz CT molecular complexity index is 3120. The fourth-order valence-electron chi connectivity index (χ4n) is 8.44. The highest BCUT2D eigenvalue weighted by Gasteiger charge is 2.36. The highest BCUT2D eigenvalue weighted by molar-refractivity contribution is 7.21. The summed E-state index contributed by atoms with van der Waals surface area (Å²) < 4.78 is 1.19. The van der Waals surface area contributed by atoms with Crippen LogP contribution in [0.4, 0.5) is 0 Å². The SMILES string of the molecule is CC1(C)c2cc(-c3cc(-c4ccccc4)nc(-c4ccc5c(ccc6ccc7sc(-c8ccccc8)nc7c65)c4)n3)ccc2-c2cc3ccccc3cc21. The molecule has 2 heterocycles. The number of hydrogen-bond acceptors (Lipinski definition) is 4. The Morgan fingerprint density at radius 1 is 0.444 bits per heavy atom. The molecular weight excluding hydrogens is 675 g/mol. The quantitative estimate of drug-likeness (QED) is 0.171. The molecular formula is C50H33N3S. The lowest BCUT2D eigenvalue weighted by molar-refractivity contribution is 0.661. The molecule has 0 saturated heterocycles. The molecule has 54 heavy (non-hydrogen) atoms. The summed E-state index contributed by atoms with van der Waals surface area (Å²) in [5.41, 5.74) is 12.3. The molecule has 0 saturated carbocycles. The second kappa shape index (κ2) is 11.8. The summed E-state index contributed by atoms with van der Waals surface area (Å²) >= 11 is 1.75. The van der Waals surface area contributed by atoms with Crippen LogP contribution in [-0.2, 0) is 5.41 Å². The molecule has 0 aliphatic heterocycles. The van der Waals surface area contributed by atoms with Crippen molar-refractivity contribution in [3.05, 3.63) is 175 Å². The van der Waals surface area contributed by atoms with Crippen molar-refractivity contribution >= 4 is 53.9 Å². The second-order valence-corrected chi connectivity index (χ2v) is 15.9. The third-order valence-electron chi connectivity index (χ3n) is 11.3. The van der Waals surface area contributed by atoms with E-state index in [1.165, 1.54) is 53.9 Å². The van der Waals surface area contributed by atoms with Crippen LogP contribution in [0, 0.1) is 0 Å². The zero-order chi connectivity index (χ0) is 36.0. The third kappa shape index (κ3) is 4.84. The number of fused-ring (bicyclic) bond motifs is 9. The average molecular weight is 708 g/mol. The van der Waals surface area contributed by atoms with Crippen molar-refractivity contribution in [3.63, 3.8) is 0 Å². The topological polar surface area (TPSA) is 38.7 Å². The number of benzene rings is 8. The Morgan fingerprint density at radius 3 is 1.89 bits per heavy atom. The van der Waals surface area contributed by atoms with E-state index >= 15 is 0 Å². The van der Waals surface area contributed by atoms with Gasteiger partial charge in [0, 0.05) is 33.1 Å². The fourth-order valence-corrected chi connectivity index (χ4v) is 9.42. The van der Waals surface area contributed by atoms with E-state index in [1.807, 2.05) is 12.1 Å². The lowest BCUT2D eigenvalue weighted by atomic mass is 9.81. The molecule has 1 aliphatic rings. The molecule has 4 heteroatoms. The van der Waals surface area contributed by atoms with E-state index in [9.17, 15) is 0 Å². The third-order valence-corrected chi connectivity index (χ3v) is 12.3. The highest BCUT2D eigenvalue weighted by atomic mass is 32.1. The average Bonchev–Trinajstić information content (AvgIpc) is 3.76. The molecule has 254 valence electrons. The largest absolute Gasteiger partial charge is 0.235 e. The molecule has 0 fully saturated rings. The maximum atomic E-state index is 5.30. The van der Waals surface area contributed by atoms with Crippen LogP contribution in [0.1, 0.15) is 25.0 Å². The van der Waals surface area contributed by atoms with Gasteiger partial charge in [0.2, 0.25) is 0 Å². The maximum absolute atomic E-state index is 5.30. The molecule has 0 unspecified atom stereocenters. The van der Waals surface area contributed by atoms with Crippen molar-refractivity contribution in [2.24, 2.45) is 0 Å². The molecule has 0 N–H and O–H groups in total. The van der Waals surface area contributed by atoms with Gasteiger partial charge in [-0.2, -0.15) is 0 Å². The summed E-state index contributed by atoms with van der Waals surface area (Å²) in [6.45, 7) is 4.69. The number of thiazole rings is 1. The molecule has 0 bridgehead atoms. The Hall–Kier alpha value is -6.49. The van der Waals surface area contributed by atoms with Gasteiger partial charge in [0.15, 0.2) is 5.82 Å². The number of aromatic nitrogens is 3.